The lowest BCUT2D eigenvalue weighted by molar-refractivity contribution is -0.137. The second-order valence-corrected chi connectivity index (χ2v) is 8.79. The van der Waals surface area contributed by atoms with Crippen LogP contribution in [0, 0.1) is 5.41 Å². The maximum absolute atomic E-state index is 13.0. The highest BCUT2D eigenvalue weighted by Crippen LogP contribution is 2.41. The molecule has 174 valence electrons. The summed E-state index contributed by atoms with van der Waals surface area (Å²) >= 11 is 0. The van der Waals surface area contributed by atoms with Gasteiger partial charge in [0.15, 0.2) is 11.1 Å². The molecule has 0 bridgehead atoms. The predicted octanol–water partition coefficient (Wildman–Crippen LogP) is 5.04. The molecule has 3 heterocycles. The lowest BCUT2D eigenvalue weighted by Crippen LogP contribution is -2.15. The first-order valence-electron chi connectivity index (χ1n) is 11.2. The van der Waals surface area contributed by atoms with E-state index in [1.807, 2.05) is 30.3 Å². The van der Waals surface area contributed by atoms with Crippen LogP contribution in [-0.4, -0.2) is 25.4 Å². The molecule has 2 aliphatic rings. The van der Waals surface area contributed by atoms with Crippen LogP contribution >= 0.6 is 0 Å². The van der Waals surface area contributed by atoms with Crippen LogP contribution in [0.25, 0.3) is 11.0 Å². The molecule has 1 aliphatic carbocycles. The quantitative estimate of drug-likeness (QED) is 0.394. The Morgan fingerprint density at radius 2 is 1.82 bits per heavy atom. The highest BCUT2D eigenvalue weighted by molar-refractivity contribution is 5.90. The number of hydrogen-bond acceptors (Lipinski definition) is 5. The van der Waals surface area contributed by atoms with Crippen LogP contribution < -0.4 is 16.1 Å². The summed E-state index contributed by atoms with van der Waals surface area (Å²) in [6.45, 7) is 0.248. The minimum Gasteiger partial charge on any atom is -0.351 e. The summed E-state index contributed by atoms with van der Waals surface area (Å²) in [4.78, 5) is 4.53. The van der Waals surface area contributed by atoms with Gasteiger partial charge in [-0.15, -0.1) is 0 Å². The molecule has 2 aromatic carbocycles. The molecule has 0 saturated heterocycles. The summed E-state index contributed by atoms with van der Waals surface area (Å²) in [5.41, 5.74) is 1.57. The van der Waals surface area contributed by atoms with E-state index in [1.54, 1.807) is 4.68 Å². The van der Waals surface area contributed by atoms with Crippen molar-refractivity contribution in [3.8, 4) is 0 Å². The fourth-order valence-corrected chi connectivity index (χ4v) is 5.02. The van der Waals surface area contributed by atoms with Crippen LogP contribution in [0.3, 0.4) is 0 Å². The number of para-hydroxylation sites is 1. The standard InChI is InChI=1S/C24H22F3N7/c25-24(26,27)15-11-9-14(10-12-15)13-33-21(29-16-5-2-1-3-6-16)19-20(28)31-23-30-17-7-4-8-18(17)34(23)22(19)32-33/h1-3,5-6,9-12,17-18,29H,4,7-8,13H2,(H2,28,30,31). The zero-order valence-corrected chi connectivity index (χ0v) is 18.1. The van der Waals surface area contributed by atoms with Crippen molar-refractivity contribution in [2.45, 2.75) is 44.1 Å². The van der Waals surface area contributed by atoms with Gasteiger partial charge >= 0.3 is 6.18 Å². The molecular formula is C24H22F3N7. The Balaban J connectivity index is 1.49. The number of halogens is 3. The Hall–Kier alpha value is -3.82. The zero-order chi connectivity index (χ0) is 23.4. The number of fused-ring (bicyclic) bond motifs is 5. The highest BCUT2D eigenvalue weighted by Gasteiger charge is 2.38. The van der Waals surface area contributed by atoms with Crippen LogP contribution in [0.2, 0.25) is 0 Å². The van der Waals surface area contributed by atoms with Crippen molar-refractivity contribution in [1.29, 1.82) is 5.41 Å². The monoisotopic (exact) mass is 465 g/mol. The van der Waals surface area contributed by atoms with Crippen LogP contribution in [-0.2, 0) is 12.7 Å². The minimum atomic E-state index is -4.38. The van der Waals surface area contributed by atoms with E-state index in [0.29, 0.717) is 28.4 Å². The molecule has 2 unspecified atom stereocenters. The topological polar surface area (TPSA) is 83.5 Å². The van der Waals surface area contributed by atoms with E-state index in [1.165, 1.54) is 12.1 Å². The number of rotatable bonds is 4. The van der Waals surface area contributed by atoms with E-state index < -0.39 is 11.7 Å². The third-order valence-corrected chi connectivity index (χ3v) is 6.62. The Morgan fingerprint density at radius 3 is 2.56 bits per heavy atom. The van der Waals surface area contributed by atoms with Crippen LogP contribution in [0.4, 0.5) is 30.6 Å². The fraction of sp³-hybridized carbons (Fsp3) is 0.292. The van der Waals surface area contributed by atoms with Gasteiger partial charge in [-0.2, -0.15) is 23.3 Å². The van der Waals surface area contributed by atoms with Gasteiger partial charge in [0, 0.05) is 11.7 Å². The minimum absolute atomic E-state index is 0.103. The molecule has 1 saturated carbocycles. The third-order valence-electron chi connectivity index (χ3n) is 6.62. The van der Waals surface area contributed by atoms with Crippen LogP contribution in [0.1, 0.15) is 36.4 Å². The summed E-state index contributed by atoms with van der Waals surface area (Å²) in [5, 5.41) is 20.9. The average Bonchev–Trinajstić information content (AvgIpc) is 3.48. The Bertz CT molecular complexity index is 1420. The van der Waals surface area contributed by atoms with E-state index in [9.17, 15) is 13.2 Å². The molecule has 2 atom stereocenters. The first-order valence-corrected chi connectivity index (χ1v) is 11.2. The van der Waals surface area contributed by atoms with Crippen molar-refractivity contribution in [3.05, 3.63) is 71.2 Å². The van der Waals surface area contributed by atoms with E-state index >= 15 is 0 Å². The lowest BCUT2D eigenvalue weighted by atomic mass is 10.1. The van der Waals surface area contributed by atoms with Gasteiger partial charge in [-0.05, 0) is 49.1 Å². The van der Waals surface area contributed by atoms with E-state index in [-0.39, 0.29) is 24.1 Å². The van der Waals surface area contributed by atoms with Crippen molar-refractivity contribution < 1.29 is 13.2 Å². The number of aromatic nitrogens is 4. The molecular weight excluding hydrogens is 443 g/mol. The Labute approximate surface area is 192 Å². The predicted molar refractivity (Wildman–Crippen MR) is 122 cm³/mol. The fourth-order valence-electron chi connectivity index (χ4n) is 5.02. The van der Waals surface area contributed by atoms with Crippen molar-refractivity contribution in [3.63, 3.8) is 0 Å². The lowest BCUT2D eigenvalue weighted by Gasteiger charge is -2.12. The average molecular weight is 465 g/mol. The van der Waals surface area contributed by atoms with Gasteiger partial charge in [0.25, 0.3) is 0 Å². The number of hydrogen-bond donors (Lipinski definition) is 3. The first-order chi connectivity index (χ1) is 16.4. The molecule has 0 spiro atoms. The van der Waals surface area contributed by atoms with Crippen molar-refractivity contribution in [1.82, 2.24) is 19.3 Å². The summed E-state index contributed by atoms with van der Waals surface area (Å²) in [6.07, 6.45) is -1.21. The summed E-state index contributed by atoms with van der Waals surface area (Å²) in [5.74, 6) is 1.24. The number of benzene rings is 2. The van der Waals surface area contributed by atoms with Gasteiger partial charge < -0.3 is 10.6 Å². The van der Waals surface area contributed by atoms with Gasteiger partial charge in [-0.1, -0.05) is 30.3 Å². The van der Waals surface area contributed by atoms with Crippen LogP contribution in [0.15, 0.2) is 54.6 Å². The molecule has 4 aromatic rings. The summed E-state index contributed by atoms with van der Waals surface area (Å²) < 4.78 is 42.8. The molecule has 6 rings (SSSR count). The zero-order valence-electron chi connectivity index (χ0n) is 18.1. The second kappa shape index (κ2) is 7.61. The molecule has 0 amide bonds. The van der Waals surface area contributed by atoms with Crippen molar-refractivity contribution in [2.24, 2.45) is 0 Å². The molecule has 10 heteroatoms. The van der Waals surface area contributed by atoms with Crippen molar-refractivity contribution >= 4 is 28.5 Å². The van der Waals surface area contributed by atoms with Gasteiger partial charge in [0.2, 0.25) is 5.95 Å². The van der Waals surface area contributed by atoms with Crippen LogP contribution in [0.5, 0.6) is 0 Å². The largest absolute Gasteiger partial charge is 0.416 e. The smallest absolute Gasteiger partial charge is 0.351 e. The van der Waals surface area contributed by atoms with Crippen molar-refractivity contribution in [2.75, 3.05) is 10.6 Å². The Morgan fingerprint density at radius 1 is 1.06 bits per heavy atom. The molecule has 34 heavy (non-hydrogen) atoms. The number of alkyl halides is 3. The Kier molecular flexibility index (Phi) is 4.65. The van der Waals surface area contributed by atoms with Gasteiger partial charge in [0.1, 0.15) is 11.2 Å². The number of nitrogens with one attached hydrogen (secondary N) is 3. The second-order valence-electron chi connectivity index (χ2n) is 8.79. The summed E-state index contributed by atoms with van der Waals surface area (Å²) in [6, 6.07) is 15.1. The van der Waals surface area contributed by atoms with E-state index in [0.717, 1.165) is 37.1 Å². The van der Waals surface area contributed by atoms with Gasteiger partial charge in [-0.25, -0.2) is 4.68 Å². The maximum atomic E-state index is 13.0. The third kappa shape index (κ3) is 3.41. The first kappa shape index (κ1) is 20.8. The van der Waals surface area contributed by atoms with E-state index in [2.05, 4.69) is 20.2 Å². The highest BCUT2D eigenvalue weighted by atomic mass is 19.4. The molecule has 3 N–H and O–H groups in total. The molecule has 1 fully saturated rings. The summed E-state index contributed by atoms with van der Waals surface area (Å²) in [7, 11) is 0. The number of nitrogens with zero attached hydrogens (tertiary/aromatic N) is 4. The normalized spacial score (nSPS) is 19.1. The SMILES string of the molecule is N=c1nc2n(c3nn(Cc4ccc(C(F)(F)F)cc4)c(Nc4ccccc4)c13)C1CCCC1N2. The van der Waals surface area contributed by atoms with Gasteiger partial charge in [-0.3, -0.25) is 9.98 Å². The molecule has 0 radical (unpaired) electrons. The van der Waals surface area contributed by atoms with E-state index in [4.69, 9.17) is 10.5 Å². The van der Waals surface area contributed by atoms with Gasteiger partial charge in [0.05, 0.1) is 18.2 Å². The maximum Gasteiger partial charge on any atom is 0.416 e. The molecule has 2 aromatic heterocycles. The molecule has 7 nitrogen and oxygen atoms in total. The number of anilines is 3. The molecule has 1 aliphatic heterocycles.